The van der Waals surface area contributed by atoms with E-state index in [-0.39, 0.29) is 12.1 Å². The number of urea groups is 1. The number of anilines is 2. The zero-order chi connectivity index (χ0) is 22.1. The lowest BCUT2D eigenvalue weighted by Crippen LogP contribution is -2.35. The number of H-pyrrole nitrogens is 1. The Morgan fingerprint density at radius 2 is 1.84 bits per heavy atom. The molecule has 7 heteroatoms. The molecule has 2 aromatic carbocycles. The van der Waals surface area contributed by atoms with Gasteiger partial charge in [0.1, 0.15) is 5.82 Å². The highest BCUT2D eigenvalue weighted by Crippen LogP contribution is 2.28. The molecule has 0 spiro atoms. The van der Waals surface area contributed by atoms with Gasteiger partial charge in [0, 0.05) is 41.6 Å². The van der Waals surface area contributed by atoms with Crippen molar-refractivity contribution in [3.05, 3.63) is 65.9 Å². The second-order valence-electron chi connectivity index (χ2n) is 8.47. The monoisotopic (exact) mass is 429 g/mol. The Hall–Kier alpha value is -3.42. The van der Waals surface area contributed by atoms with Crippen molar-refractivity contribution in [1.29, 1.82) is 0 Å². The Labute approximate surface area is 186 Å². The third kappa shape index (κ3) is 4.30. The molecule has 1 saturated heterocycles. The number of piperidine rings is 1. The molecule has 0 unspecified atom stereocenters. The number of hydrogen-bond acceptors (Lipinski definition) is 4. The maximum Gasteiger partial charge on any atom is 0.324 e. The van der Waals surface area contributed by atoms with Crippen molar-refractivity contribution in [3.8, 4) is 0 Å². The number of carbonyl (C=O) groups excluding carboxylic acids is 1. The van der Waals surface area contributed by atoms with Gasteiger partial charge in [0.25, 0.3) is 0 Å². The van der Waals surface area contributed by atoms with Crippen LogP contribution in [-0.4, -0.2) is 45.2 Å². The Bertz CT molecular complexity index is 1260. The minimum atomic E-state index is -0.325. The average molecular weight is 430 g/mol. The summed E-state index contributed by atoms with van der Waals surface area (Å²) in [6.45, 7) is 4.61. The minimum absolute atomic E-state index is 0.161. The van der Waals surface area contributed by atoms with Crippen LogP contribution in [0, 0.1) is 6.92 Å². The maximum absolute atomic E-state index is 12.6. The highest BCUT2D eigenvalue weighted by atomic mass is 16.3. The van der Waals surface area contributed by atoms with E-state index in [1.54, 1.807) is 0 Å². The predicted molar refractivity (Wildman–Crippen MR) is 128 cm³/mol. The molecule has 4 N–H and O–H groups in total. The first-order valence-corrected chi connectivity index (χ1v) is 11.0. The summed E-state index contributed by atoms with van der Waals surface area (Å²) in [7, 11) is 0. The van der Waals surface area contributed by atoms with Gasteiger partial charge in [-0.3, -0.25) is 10.2 Å². The molecule has 2 aromatic heterocycles. The van der Waals surface area contributed by atoms with Crippen LogP contribution in [0.2, 0.25) is 0 Å². The van der Waals surface area contributed by atoms with Crippen LogP contribution in [0.5, 0.6) is 0 Å². The summed E-state index contributed by atoms with van der Waals surface area (Å²) in [6, 6.07) is 17.6. The van der Waals surface area contributed by atoms with Crippen LogP contribution in [0.25, 0.3) is 21.8 Å². The molecule has 1 aliphatic heterocycles. The van der Waals surface area contributed by atoms with Crippen molar-refractivity contribution in [2.45, 2.75) is 32.4 Å². The van der Waals surface area contributed by atoms with Crippen LogP contribution in [0.3, 0.4) is 0 Å². The second kappa shape index (κ2) is 8.61. The molecule has 32 heavy (non-hydrogen) atoms. The largest absolute Gasteiger partial charge is 0.393 e. The highest BCUT2D eigenvalue weighted by molar-refractivity contribution is 6.09. The predicted octanol–water partition coefficient (Wildman–Crippen LogP) is 4.63. The number of aromatic nitrogens is 2. The molecule has 1 fully saturated rings. The second-order valence-corrected chi connectivity index (χ2v) is 8.47. The van der Waals surface area contributed by atoms with Crippen molar-refractivity contribution in [3.63, 3.8) is 0 Å². The normalized spacial score (nSPS) is 15.3. The Kier molecular flexibility index (Phi) is 5.51. The number of aliphatic hydroxyl groups excluding tert-OH is 1. The number of pyridine rings is 1. The minimum Gasteiger partial charge on any atom is -0.393 e. The molecule has 0 radical (unpaired) electrons. The van der Waals surface area contributed by atoms with Crippen molar-refractivity contribution in [2.75, 3.05) is 23.7 Å². The van der Waals surface area contributed by atoms with Crippen LogP contribution in [-0.2, 0) is 6.54 Å². The highest BCUT2D eigenvalue weighted by Gasteiger charge is 2.17. The summed E-state index contributed by atoms with van der Waals surface area (Å²) in [5.74, 6) is 0.515. The summed E-state index contributed by atoms with van der Waals surface area (Å²) < 4.78 is 0. The van der Waals surface area contributed by atoms with Gasteiger partial charge in [0.15, 0.2) is 0 Å². The lowest BCUT2D eigenvalue weighted by atomic mass is 10.1. The van der Waals surface area contributed by atoms with Crippen LogP contribution in [0.1, 0.15) is 24.1 Å². The van der Waals surface area contributed by atoms with Gasteiger partial charge >= 0.3 is 6.03 Å². The van der Waals surface area contributed by atoms with E-state index in [2.05, 4.69) is 31.6 Å². The third-order valence-electron chi connectivity index (χ3n) is 6.09. The molecule has 3 heterocycles. The quantitative estimate of drug-likeness (QED) is 0.381. The molecule has 4 aromatic rings. The van der Waals surface area contributed by atoms with E-state index in [0.717, 1.165) is 65.7 Å². The molecule has 5 rings (SSSR count). The number of nitrogens with one attached hydrogen (secondary N) is 3. The number of carbonyl (C=O) groups is 1. The zero-order valence-electron chi connectivity index (χ0n) is 18.1. The van der Waals surface area contributed by atoms with Gasteiger partial charge in [0.05, 0.1) is 17.3 Å². The fourth-order valence-electron chi connectivity index (χ4n) is 4.38. The lowest BCUT2D eigenvalue weighted by molar-refractivity contribution is 0.0792. The fraction of sp³-hybridized carbons (Fsp3) is 0.280. The number of aromatic amines is 1. The van der Waals surface area contributed by atoms with Crippen molar-refractivity contribution in [1.82, 2.24) is 14.9 Å². The molecule has 7 nitrogen and oxygen atoms in total. The van der Waals surface area contributed by atoms with E-state index in [1.165, 1.54) is 5.56 Å². The average Bonchev–Trinajstić information content (AvgIpc) is 3.16. The molecule has 0 atom stereocenters. The number of amides is 2. The topological polar surface area (TPSA) is 93.3 Å². The molecule has 164 valence electrons. The number of nitrogens with zero attached hydrogens (tertiary/aromatic N) is 2. The zero-order valence-corrected chi connectivity index (χ0v) is 18.1. The smallest absolute Gasteiger partial charge is 0.324 e. The summed E-state index contributed by atoms with van der Waals surface area (Å²) >= 11 is 0. The number of hydrogen-bond donors (Lipinski definition) is 4. The van der Waals surface area contributed by atoms with E-state index >= 15 is 0 Å². The van der Waals surface area contributed by atoms with E-state index in [1.807, 2.05) is 55.5 Å². The van der Waals surface area contributed by atoms with Crippen molar-refractivity contribution < 1.29 is 9.90 Å². The van der Waals surface area contributed by atoms with E-state index in [4.69, 9.17) is 0 Å². The van der Waals surface area contributed by atoms with Gasteiger partial charge in [-0.05, 0) is 49.6 Å². The standard InChI is InChI=1S/C25H27N5O2/c1-16-24-21(20-4-2-3-5-22(20)28-24)14-23(26-16)29-25(32)27-18-8-6-17(7-9-18)15-30-12-10-19(31)11-13-30/h2-9,14,19,28,31H,10-13,15H2,1H3,(H2,26,27,29,32). The molecule has 2 amide bonds. The number of likely N-dealkylation sites (tertiary alicyclic amines) is 1. The number of rotatable bonds is 4. The fourth-order valence-corrected chi connectivity index (χ4v) is 4.38. The number of benzene rings is 2. The summed E-state index contributed by atoms with van der Waals surface area (Å²) in [6.07, 6.45) is 1.50. The number of para-hydroxylation sites is 1. The third-order valence-corrected chi connectivity index (χ3v) is 6.09. The molecule has 0 aliphatic carbocycles. The molecule has 0 saturated carbocycles. The van der Waals surface area contributed by atoms with Crippen molar-refractivity contribution in [2.24, 2.45) is 0 Å². The number of aliphatic hydroxyl groups is 1. The summed E-state index contributed by atoms with van der Waals surface area (Å²) in [5, 5.41) is 17.5. The molecular weight excluding hydrogens is 402 g/mol. The van der Waals surface area contributed by atoms with E-state index < -0.39 is 0 Å². The van der Waals surface area contributed by atoms with Gasteiger partial charge in [0.2, 0.25) is 0 Å². The van der Waals surface area contributed by atoms with Crippen LogP contribution >= 0.6 is 0 Å². The van der Waals surface area contributed by atoms with Crippen LogP contribution < -0.4 is 10.6 Å². The van der Waals surface area contributed by atoms with Crippen LogP contribution in [0.4, 0.5) is 16.3 Å². The maximum atomic E-state index is 12.6. The molecule has 0 bridgehead atoms. The first-order chi connectivity index (χ1) is 15.5. The van der Waals surface area contributed by atoms with Crippen molar-refractivity contribution >= 4 is 39.3 Å². The Morgan fingerprint density at radius 3 is 2.62 bits per heavy atom. The summed E-state index contributed by atoms with van der Waals surface area (Å²) in [5.41, 5.74) is 4.79. The van der Waals surface area contributed by atoms with Gasteiger partial charge < -0.3 is 15.4 Å². The van der Waals surface area contributed by atoms with Gasteiger partial charge in [-0.2, -0.15) is 0 Å². The molecule has 1 aliphatic rings. The lowest BCUT2D eigenvalue weighted by Gasteiger charge is -2.29. The van der Waals surface area contributed by atoms with Crippen LogP contribution in [0.15, 0.2) is 54.6 Å². The van der Waals surface area contributed by atoms with E-state index in [9.17, 15) is 9.90 Å². The van der Waals surface area contributed by atoms with Gasteiger partial charge in [-0.15, -0.1) is 0 Å². The SMILES string of the molecule is Cc1nc(NC(=O)Nc2ccc(CN3CCC(O)CC3)cc2)cc2c1[nH]c1ccccc12. The molecular formula is C25H27N5O2. The first-order valence-electron chi connectivity index (χ1n) is 11.0. The number of fused-ring (bicyclic) bond motifs is 3. The van der Waals surface area contributed by atoms with Gasteiger partial charge in [-0.25, -0.2) is 9.78 Å². The Balaban J connectivity index is 1.24. The van der Waals surface area contributed by atoms with Gasteiger partial charge in [-0.1, -0.05) is 30.3 Å². The Morgan fingerprint density at radius 1 is 1.09 bits per heavy atom. The van der Waals surface area contributed by atoms with E-state index in [0.29, 0.717) is 5.82 Å². The summed E-state index contributed by atoms with van der Waals surface area (Å²) in [4.78, 5) is 22.8. The number of aryl methyl sites for hydroxylation is 1. The first kappa shape index (κ1) is 20.5.